The van der Waals surface area contributed by atoms with E-state index in [2.05, 4.69) is 6.92 Å². The van der Waals surface area contributed by atoms with Crippen molar-refractivity contribution in [2.75, 3.05) is 20.2 Å². The lowest BCUT2D eigenvalue weighted by Gasteiger charge is -2.36. The molecule has 19 heavy (non-hydrogen) atoms. The fourth-order valence-corrected chi connectivity index (χ4v) is 2.54. The van der Waals surface area contributed by atoms with E-state index in [4.69, 9.17) is 10.5 Å². The number of hydrogen-bond acceptors (Lipinski definition) is 3. The van der Waals surface area contributed by atoms with E-state index in [0.29, 0.717) is 24.6 Å². The van der Waals surface area contributed by atoms with E-state index in [9.17, 15) is 4.79 Å². The van der Waals surface area contributed by atoms with Gasteiger partial charge in [0.15, 0.2) is 0 Å². The number of methoxy groups -OCH3 is 1. The fraction of sp³-hybridized carbons (Fsp3) is 0.533. The van der Waals surface area contributed by atoms with Gasteiger partial charge in [-0.25, -0.2) is 0 Å². The Balaban J connectivity index is 2.10. The number of carbonyl (C=O) groups is 1. The molecule has 0 spiro atoms. The quantitative estimate of drug-likeness (QED) is 0.901. The summed E-state index contributed by atoms with van der Waals surface area (Å²) in [6.45, 7) is 4.10. The summed E-state index contributed by atoms with van der Waals surface area (Å²) in [6.07, 6.45) is 1.12. The maximum absolute atomic E-state index is 12.5. The van der Waals surface area contributed by atoms with Crippen LogP contribution in [0.3, 0.4) is 0 Å². The van der Waals surface area contributed by atoms with Crippen molar-refractivity contribution in [3.8, 4) is 0 Å². The molecule has 2 rings (SSSR count). The van der Waals surface area contributed by atoms with Crippen molar-refractivity contribution in [1.29, 1.82) is 0 Å². The Morgan fingerprint density at radius 1 is 1.53 bits per heavy atom. The molecule has 0 saturated carbocycles. The summed E-state index contributed by atoms with van der Waals surface area (Å²) in [5, 5.41) is 0. The van der Waals surface area contributed by atoms with Gasteiger partial charge in [0, 0.05) is 32.3 Å². The Labute approximate surface area is 114 Å². The van der Waals surface area contributed by atoms with Gasteiger partial charge in [-0.2, -0.15) is 0 Å². The van der Waals surface area contributed by atoms with E-state index in [1.807, 2.05) is 29.2 Å². The predicted molar refractivity (Wildman–Crippen MR) is 74.8 cm³/mol. The highest BCUT2D eigenvalue weighted by Gasteiger charge is 2.29. The minimum absolute atomic E-state index is 0.0734. The maximum Gasteiger partial charge on any atom is 0.253 e. The minimum Gasteiger partial charge on any atom is -0.379 e. The minimum atomic E-state index is 0.0734. The van der Waals surface area contributed by atoms with Crippen LogP contribution in [0, 0.1) is 5.92 Å². The SMILES string of the molecule is COC1CN(C(=O)c2cccc(CN)c2)CCC1C. The standard InChI is InChI=1S/C15H22N2O2/c1-11-6-7-17(10-14(11)19-2)15(18)13-5-3-4-12(8-13)9-16/h3-5,8,11,14H,6-7,9-10,16H2,1-2H3. The summed E-state index contributed by atoms with van der Waals surface area (Å²) in [5.41, 5.74) is 7.32. The Bertz CT molecular complexity index is 448. The zero-order valence-corrected chi connectivity index (χ0v) is 11.6. The van der Waals surface area contributed by atoms with Gasteiger partial charge in [0.1, 0.15) is 0 Å². The molecule has 1 saturated heterocycles. The number of benzene rings is 1. The molecule has 104 valence electrons. The lowest BCUT2D eigenvalue weighted by atomic mass is 9.95. The van der Waals surface area contributed by atoms with E-state index < -0.39 is 0 Å². The molecule has 2 unspecified atom stereocenters. The smallest absolute Gasteiger partial charge is 0.253 e. The number of piperidine rings is 1. The molecule has 1 fully saturated rings. The van der Waals surface area contributed by atoms with Crippen LogP contribution in [0.2, 0.25) is 0 Å². The lowest BCUT2D eigenvalue weighted by molar-refractivity contribution is -0.00156. The Hall–Kier alpha value is -1.39. The molecule has 1 heterocycles. The molecule has 2 atom stereocenters. The van der Waals surface area contributed by atoms with Crippen molar-refractivity contribution in [2.24, 2.45) is 11.7 Å². The van der Waals surface area contributed by atoms with Gasteiger partial charge in [-0.3, -0.25) is 4.79 Å². The normalized spacial score (nSPS) is 23.4. The average Bonchev–Trinajstić information content (AvgIpc) is 2.47. The maximum atomic E-state index is 12.5. The van der Waals surface area contributed by atoms with Crippen LogP contribution in [0.1, 0.15) is 29.3 Å². The topological polar surface area (TPSA) is 55.6 Å². The Morgan fingerprint density at radius 2 is 2.32 bits per heavy atom. The first-order valence-electron chi connectivity index (χ1n) is 6.76. The van der Waals surface area contributed by atoms with Gasteiger partial charge in [0.2, 0.25) is 0 Å². The summed E-state index contributed by atoms with van der Waals surface area (Å²) < 4.78 is 5.45. The molecule has 1 aliphatic rings. The van der Waals surface area contributed by atoms with E-state index in [0.717, 1.165) is 18.5 Å². The number of amides is 1. The van der Waals surface area contributed by atoms with Crippen molar-refractivity contribution in [3.63, 3.8) is 0 Å². The van der Waals surface area contributed by atoms with Crippen molar-refractivity contribution in [3.05, 3.63) is 35.4 Å². The summed E-state index contributed by atoms with van der Waals surface area (Å²) in [5.74, 6) is 0.577. The second kappa shape index (κ2) is 6.17. The van der Waals surface area contributed by atoms with E-state index in [1.54, 1.807) is 7.11 Å². The van der Waals surface area contributed by atoms with Crippen LogP contribution in [0.25, 0.3) is 0 Å². The van der Waals surface area contributed by atoms with Crippen molar-refractivity contribution in [1.82, 2.24) is 4.90 Å². The van der Waals surface area contributed by atoms with Gasteiger partial charge < -0.3 is 15.4 Å². The molecule has 2 N–H and O–H groups in total. The number of nitrogens with zero attached hydrogens (tertiary/aromatic N) is 1. The highest BCUT2D eigenvalue weighted by molar-refractivity contribution is 5.94. The zero-order chi connectivity index (χ0) is 13.8. The monoisotopic (exact) mass is 262 g/mol. The van der Waals surface area contributed by atoms with E-state index in [-0.39, 0.29) is 12.0 Å². The van der Waals surface area contributed by atoms with Gasteiger partial charge >= 0.3 is 0 Å². The van der Waals surface area contributed by atoms with Crippen LogP contribution in [-0.2, 0) is 11.3 Å². The zero-order valence-electron chi connectivity index (χ0n) is 11.6. The van der Waals surface area contributed by atoms with Gasteiger partial charge in [-0.15, -0.1) is 0 Å². The van der Waals surface area contributed by atoms with Crippen LogP contribution in [0.15, 0.2) is 24.3 Å². The van der Waals surface area contributed by atoms with Crippen LogP contribution >= 0.6 is 0 Å². The Morgan fingerprint density at radius 3 is 3.00 bits per heavy atom. The fourth-order valence-electron chi connectivity index (χ4n) is 2.54. The molecule has 1 aromatic carbocycles. The number of rotatable bonds is 3. The van der Waals surface area contributed by atoms with Gasteiger partial charge in [-0.1, -0.05) is 19.1 Å². The third-order valence-electron chi connectivity index (χ3n) is 3.89. The number of likely N-dealkylation sites (tertiary alicyclic amines) is 1. The molecule has 1 aliphatic heterocycles. The molecule has 4 nitrogen and oxygen atoms in total. The molecule has 0 bridgehead atoms. The van der Waals surface area contributed by atoms with Crippen LogP contribution < -0.4 is 5.73 Å². The molecular weight excluding hydrogens is 240 g/mol. The molecule has 0 radical (unpaired) electrons. The Kier molecular flexibility index (Phi) is 4.56. The summed E-state index contributed by atoms with van der Waals surface area (Å²) in [6, 6.07) is 7.55. The summed E-state index contributed by atoms with van der Waals surface area (Å²) >= 11 is 0. The molecule has 4 heteroatoms. The van der Waals surface area contributed by atoms with Crippen LogP contribution in [0.5, 0.6) is 0 Å². The number of ether oxygens (including phenoxy) is 1. The number of hydrogen-bond donors (Lipinski definition) is 1. The highest BCUT2D eigenvalue weighted by atomic mass is 16.5. The first-order valence-corrected chi connectivity index (χ1v) is 6.76. The third kappa shape index (κ3) is 3.14. The lowest BCUT2D eigenvalue weighted by Crippen LogP contribution is -2.46. The molecular formula is C15H22N2O2. The van der Waals surface area contributed by atoms with Gasteiger partial charge in [0.05, 0.1) is 6.10 Å². The number of nitrogens with two attached hydrogens (primary N) is 1. The second-order valence-corrected chi connectivity index (χ2v) is 5.20. The first kappa shape index (κ1) is 14.0. The van der Waals surface area contributed by atoms with Gasteiger partial charge in [0.25, 0.3) is 5.91 Å². The molecule has 0 aliphatic carbocycles. The molecule has 1 amide bonds. The third-order valence-corrected chi connectivity index (χ3v) is 3.89. The first-order chi connectivity index (χ1) is 9.15. The highest BCUT2D eigenvalue weighted by Crippen LogP contribution is 2.21. The van der Waals surface area contributed by atoms with E-state index in [1.165, 1.54) is 0 Å². The second-order valence-electron chi connectivity index (χ2n) is 5.20. The largest absolute Gasteiger partial charge is 0.379 e. The summed E-state index contributed by atoms with van der Waals surface area (Å²) in [7, 11) is 1.71. The van der Waals surface area contributed by atoms with Crippen molar-refractivity contribution >= 4 is 5.91 Å². The van der Waals surface area contributed by atoms with Gasteiger partial charge in [-0.05, 0) is 30.0 Å². The van der Waals surface area contributed by atoms with E-state index >= 15 is 0 Å². The van der Waals surface area contributed by atoms with Crippen LogP contribution in [-0.4, -0.2) is 37.1 Å². The van der Waals surface area contributed by atoms with Crippen LogP contribution in [0.4, 0.5) is 0 Å². The predicted octanol–water partition coefficient (Wildman–Crippen LogP) is 1.64. The molecule has 0 aromatic heterocycles. The summed E-state index contributed by atoms with van der Waals surface area (Å²) in [4.78, 5) is 14.3. The number of carbonyl (C=O) groups excluding carboxylic acids is 1. The van der Waals surface area contributed by atoms with Crippen molar-refractivity contribution in [2.45, 2.75) is 26.0 Å². The average molecular weight is 262 g/mol. The van der Waals surface area contributed by atoms with Crippen molar-refractivity contribution < 1.29 is 9.53 Å². The molecule has 1 aromatic rings.